The van der Waals surface area contributed by atoms with Crippen molar-refractivity contribution < 1.29 is 150 Å². The fourth-order valence-electron chi connectivity index (χ4n) is 15.6. The SMILES string of the molecule is CC(=O)[C@H]1CC[C@H]2[C@@H]3C[C@H](O[C@@H]4O[C@H](C)[C@@H](O)[C@H](O[C@@H]5OC[C@@H](O[C@@H]6O[C@H](CO)[C@H](O)[C@H](O)[C@H]6O[C@@H]6O[C@H](C)[C@H](O)[C@H](O[C@@H]7O[C@@H](CO)[C@H](O)[C@H]7O)[C@H]6O)[C@H](O)[C@H]5O[C@@H]5O[C@H](C)[C@@H](O)[C@H](O)[C@H]5O)[C@H]4O)[C@H]4C[C@@H](OS(=O)(=O)O)CC[C@]4(C)C3=CC[C@]12C. The fourth-order valence-corrected chi connectivity index (χ4v) is 16.2. The molecule has 87 heavy (non-hydrogen) atoms. The highest BCUT2D eigenvalue weighted by Gasteiger charge is 2.63. The number of rotatable bonds is 17. The predicted octanol–water partition coefficient (Wildman–Crippen LogP) is -5.38. The lowest BCUT2D eigenvalue weighted by molar-refractivity contribution is -0.400. The molecule has 0 unspecified atom stereocenters. The van der Waals surface area contributed by atoms with Gasteiger partial charge in [-0.15, -0.1) is 0 Å². The molecule has 15 N–H and O–H groups in total. The Morgan fingerprint density at radius 1 is 0.540 bits per heavy atom. The molecule has 0 amide bonds. The van der Waals surface area contributed by atoms with Gasteiger partial charge in [-0.2, -0.15) is 8.42 Å². The van der Waals surface area contributed by atoms with Crippen LogP contribution in [-0.2, 0) is 76.2 Å². The molecule has 31 nitrogen and oxygen atoms in total. The number of ketones is 1. The number of hydrogen-bond acceptors (Lipinski definition) is 30. The highest BCUT2D eigenvalue weighted by atomic mass is 32.3. The number of ether oxygens (including phenoxy) is 12. The third-order valence-corrected chi connectivity index (χ3v) is 21.1. The Labute approximate surface area is 501 Å². The maximum absolute atomic E-state index is 13.1. The largest absolute Gasteiger partial charge is 0.397 e. The van der Waals surface area contributed by atoms with Gasteiger partial charge in [-0.05, 0) is 101 Å². The molecule has 6 heterocycles. The maximum atomic E-state index is 13.1. The summed E-state index contributed by atoms with van der Waals surface area (Å²) in [4.78, 5) is 13.1. The Morgan fingerprint density at radius 3 is 1.62 bits per heavy atom. The third kappa shape index (κ3) is 13.0. The van der Waals surface area contributed by atoms with E-state index in [2.05, 4.69) is 19.9 Å². The Balaban J connectivity index is 0.902. The number of Topliss-reactive ketones (excluding diaryl/α,β-unsaturated/α-hetero) is 1. The summed E-state index contributed by atoms with van der Waals surface area (Å²) in [7, 11) is -4.87. The molecule has 0 spiro atoms. The predicted molar refractivity (Wildman–Crippen MR) is 283 cm³/mol. The monoisotopic (exact) mass is 1280 g/mol. The van der Waals surface area contributed by atoms with Crippen LogP contribution in [0, 0.1) is 34.5 Å². The Morgan fingerprint density at radius 2 is 1.03 bits per heavy atom. The molecule has 0 aromatic heterocycles. The van der Waals surface area contributed by atoms with E-state index in [1.807, 2.05) is 0 Å². The molecule has 4 aliphatic carbocycles. The molecule has 0 radical (unpaired) electrons. The van der Waals surface area contributed by atoms with E-state index in [0.29, 0.717) is 25.7 Å². The quantitative estimate of drug-likeness (QED) is 0.0477. The second kappa shape index (κ2) is 26.6. The molecule has 6 saturated heterocycles. The van der Waals surface area contributed by atoms with Crippen LogP contribution in [0.15, 0.2) is 11.6 Å². The maximum Gasteiger partial charge on any atom is 0.397 e. The van der Waals surface area contributed by atoms with Gasteiger partial charge in [-0.1, -0.05) is 25.5 Å². The van der Waals surface area contributed by atoms with Crippen molar-refractivity contribution in [3.8, 4) is 0 Å². The van der Waals surface area contributed by atoms with Gasteiger partial charge in [0.25, 0.3) is 0 Å². The van der Waals surface area contributed by atoms with E-state index in [1.54, 1.807) is 6.92 Å². The summed E-state index contributed by atoms with van der Waals surface area (Å²) >= 11 is 0. The number of fused-ring (bicyclic) bond motifs is 5. The molecular weight excluding hydrogens is 1190 g/mol. The lowest BCUT2D eigenvalue weighted by Crippen LogP contribution is -2.67. The van der Waals surface area contributed by atoms with Crippen LogP contribution in [0.25, 0.3) is 0 Å². The first kappa shape index (κ1) is 68.1. The highest BCUT2D eigenvalue weighted by molar-refractivity contribution is 7.80. The van der Waals surface area contributed by atoms with Crippen LogP contribution >= 0.6 is 0 Å². The zero-order chi connectivity index (χ0) is 63.3. The first-order chi connectivity index (χ1) is 40.9. The number of carbonyl (C=O) groups is 1. The van der Waals surface area contributed by atoms with Crippen LogP contribution in [0.2, 0.25) is 0 Å². The number of carbonyl (C=O) groups excluding carboxylic acids is 1. The van der Waals surface area contributed by atoms with Crippen LogP contribution in [0.5, 0.6) is 0 Å². The third-order valence-electron chi connectivity index (χ3n) is 20.6. The summed E-state index contributed by atoms with van der Waals surface area (Å²) in [6.07, 6.45) is -44.7. The summed E-state index contributed by atoms with van der Waals surface area (Å²) < 4.78 is 112. The average molecular weight is 1280 g/mol. The van der Waals surface area contributed by atoms with E-state index in [9.17, 15) is 89.3 Å². The van der Waals surface area contributed by atoms with Crippen molar-refractivity contribution in [3.05, 3.63) is 11.6 Å². The molecule has 0 aromatic carbocycles. The van der Waals surface area contributed by atoms with Gasteiger partial charge in [0.1, 0.15) is 122 Å². The van der Waals surface area contributed by atoms with Crippen molar-refractivity contribution in [2.75, 3.05) is 19.8 Å². The number of aliphatic hydroxyl groups excluding tert-OH is 14. The van der Waals surface area contributed by atoms with Crippen molar-refractivity contribution in [2.24, 2.45) is 34.5 Å². The van der Waals surface area contributed by atoms with Crippen LogP contribution in [0.4, 0.5) is 0 Å². The van der Waals surface area contributed by atoms with E-state index in [0.717, 1.165) is 12.0 Å². The van der Waals surface area contributed by atoms with Gasteiger partial charge in [0.05, 0.1) is 50.3 Å². The molecule has 3 saturated carbocycles. The number of allylic oxidation sites excluding steroid dienone is 2. The summed E-state index contributed by atoms with van der Waals surface area (Å²) in [5.41, 5.74) is 0.184. The van der Waals surface area contributed by atoms with Crippen LogP contribution in [0.1, 0.15) is 86.5 Å². The zero-order valence-electron chi connectivity index (χ0n) is 48.9. The van der Waals surface area contributed by atoms with Crippen LogP contribution in [-0.4, -0.2) is 294 Å². The van der Waals surface area contributed by atoms with Gasteiger partial charge in [-0.3, -0.25) is 9.35 Å². The number of hydrogen-bond donors (Lipinski definition) is 15. The standard InChI is InChI=1S/C55H88O31S/c1-18(58)24-7-8-25-23-14-28(27-13-22(86-87(71,72)73)9-11-55(27,6)26(23)10-12-54(24,25)5)78-50-42(69)45(34(61)20(3)76-50)83-52-46(84-48-41(68)38(65)32(59)19(2)75-48)37(64)31(17-74-52)81-53-47(39(66)35(62)29(15-56)80-53)85-51-43(70)44(33(60)21(4)77-51)82-49-40(67)36(63)30(16-57)79-49/h10,19-25,27-53,56-57,59-70H,7-9,11-17H2,1-6H3,(H,71,72,73)/t19-,20-,21-,22+,23+,24-,25+,27-,28+,29-,30+,31-,32-,33+,34-,35+,36+,37+,38+,39+,40-,41-,42-,43-,44+,45+,46-,47-,48+,49+,50+,51+,52+,53+,54-,55-/m1/s1. The van der Waals surface area contributed by atoms with Crippen molar-refractivity contribution in [1.29, 1.82) is 0 Å². The molecular formula is C55H88O31S. The minimum Gasteiger partial charge on any atom is -0.394 e. The molecule has 36 atom stereocenters. The van der Waals surface area contributed by atoms with E-state index in [1.165, 1.54) is 20.8 Å². The smallest absolute Gasteiger partial charge is 0.394 e. The fraction of sp³-hybridized carbons (Fsp3) is 0.945. The molecule has 0 aromatic rings. The zero-order valence-corrected chi connectivity index (χ0v) is 49.7. The number of aliphatic hydroxyl groups is 14. The van der Waals surface area contributed by atoms with Crippen LogP contribution in [0.3, 0.4) is 0 Å². The van der Waals surface area contributed by atoms with E-state index < -0.39 is 226 Å². The Bertz CT molecular complexity index is 2500. The topological polar surface area (TPSA) is 475 Å². The minimum atomic E-state index is -4.87. The highest BCUT2D eigenvalue weighted by Crippen LogP contribution is 2.66. The van der Waals surface area contributed by atoms with E-state index >= 15 is 0 Å². The van der Waals surface area contributed by atoms with Gasteiger partial charge in [0, 0.05) is 5.92 Å². The van der Waals surface area contributed by atoms with Gasteiger partial charge in [0.15, 0.2) is 37.7 Å². The summed E-state index contributed by atoms with van der Waals surface area (Å²) in [6.45, 7) is 7.63. The lowest BCUT2D eigenvalue weighted by atomic mass is 9.48. The summed E-state index contributed by atoms with van der Waals surface area (Å²) in [6, 6.07) is 0. The normalized spacial score (nSPS) is 53.9. The first-order valence-electron chi connectivity index (χ1n) is 30.0. The molecule has 500 valence electrons. The van der Waals surface area contributed by atoms with Crippen molar-refractivity contribution in [1.82, 2.24) is 0 Å². The summed E-state index contributed by atoms with van der Waals surface area (Å²) in [5.74, 6) is -0.607. The second-order valence-corrected chi connectivity index (χ2v) is 27.0. The van der Waals surface area contributed by atoms with E-state index in [-0.39, 0.29) is 41.8 Å². The molecule has 9 fully saturated rings. The van der Waals surface area contributed by atoms with Gasteiger partial charge in [0.2, 0.25) is 0 Å². The molecule has 6 aliphatic heterocycles. The van der Waals surface area contributed by atoms with Gasteiger partial charge < -0.3 is 128 Å². The average Bonchev–Trinajstić information content (AvgIpc) is 1.71. The molecule has 0 bridgehead atoms. The van der Waals surface area contributed by atoms with Crippen molar-refractivity contribution in [2.45, 2.75) is 271 Å². The molecule has 10 rings (SSSR count). The molecule has 10 aliphatic rings. The van der Waals surface area contributed by atoms with Gasteiger partial charge in [-0.25, -0.2) is 4.18 Å². The lowest BCUT2D eigenvalue weighted by Gasteiger charge is -2.59. The van der Waals surface area contributed by atoms with Crippen LogP contribution < -0.4 is 0 Å². The Kier molecular flexibility index (Phi) is 20.8. The summed E-state index contributed by atoms with van der Waals surface area (Å²) in [5, 5.41) is 155. The first-order valence-corrected chi connectivity index (χ1v) is 31.3. The molecule has 32 heteroatoms. The second-order valence-electron chi connectivity index (χ2n) is 25.9. The van der Waals surface area contributed by atoms with Crippen molar-refractivity contribution in [3.63, 3.8) is 0 Å². The van der Waals surface area contributed by atoms with Crippen molar-refractivity contribution >= 4 is 16.2 Å². The Hall–Kier alpha value is -1.76. The van der Waals surface area contributed by atoms with E-state index in [4.69, 9.17) is 61.0 Å². The minimum absolute atomic E-state index is 0.0596. The van der Waals surface area contributed by atoms with Gasteiger partial charge >= 0.3 is 10.4 Å².